The number of nitrogens with zero attached hydrogens (tertiary/aromatic N) is 3. The smallest absolute Gasteiger partial charge is 0.0409 e. The van der Waals surface area contributed by atoms with Crippen molar-refractivity contribution in [1.82, 2.24) is 0 Å². The Morgan fingerprint density at radius 3 is 2.83 bits per heavy atom. The van der Waals surface area contributed by atoms with Crippen LogP contribution in [0.2, 0.25) is 0 Å². The second-order valence-electron chi connectivity index (χ2n) is 2.62. The Morgan fingerprint density at radius 1 is 1.50 bits per heavy atom. The summed E-state index contributed by atoms with van der Waals surface area (Å²) in [4.78, 5) is 2.78. The molecule has 0 bridgehead atoms. The lowest BCUT2D eigenvalue weighted by molar-refractivity contribution is 1.10. The molecular formula is C9H11N3. The van der Waals surface area contributed by atoms with Crippen LogP contribution in [0.4, 0.5) is 5.69 Å². The molecular weight excluding hydrogens is 150 g/mol. The van der Waals surface area contributed by atoms with Gasteiger partial charge in [-0.25, -0.2) is 0 Å². The molecule has 0 fully saturated rings. The fraction of sp³-hybridized carbons (Fsp3) is 0.333. The van der Waals surface area contributed by atoms with Gasteiger partial charge in [0.15, 0.2) is 0 Å². The van der Waals surface area contributed by atoms with Gasteiger partial charge in [-0.1, -0.05) is 30.2 Å². The van der Waals surface area contributed by atoms with Crippen LogP contribution in [0.25, 0.3) is 10.4 Å². The molecule has 0 unspecified atom stereocenters. The number of hydrogen-bond donors (Lipinski definition) is 0. The van der Waals surface area contributed by atoms with Crippen LogP contribution in [0, 0.1) is 6.92 Å². The zero-order valence-electron chi connectivity index (χ0n) is 7.28. The maximum Gasteiger partial charge on any atom is 0.0409 e. The summed E-state index contributed by atoms with van der Waals surface area (Å²) in [5.41, 5.74) is 11.4. The van der Waals surface area contributed by atoms with Crippen LogP contribution in [-0.4, -0.2) is 0 Å². The Bertz CT molecular complexity index is 325. The summed E-state index contributed by atoms with van der Waals surface area (Å²) in [7, 11) is 0. The van der Waals surface area contributed by atoms with E-state index in [-0.39, 0.29) is 0 Å². The molecule has 0 amide bonds. The van der Waals surface area contributed by atoms with Crippen molar-refractivity contribution in [3.05, 3.63) is 39.8 Å². The van der Waals surface area contributed by atoms with Crippen molar-refractivity contribution in [1.29, 1.82) is 0 Å². The molecule has 1 rings (SSSR count). The Morgan fingerprint density at radius 2 is 2.25 bits per heavy atom. The molecule has 0 heterocycles. The van der Waals surface area contributed by atoms with E-state index in [0.29, 0.717) is 0 Å². The molecule has 0 atom stereocenters. The van der Waals surface area contributed by atoms with Crippen molar-refractivity contribution in [2.75, 3.05) is 0 Å². The lowest BCUT2D eigenvalue weighted by Crippen LogP contribution is -1.85. The van der Waals surface area contributed by atoms with Gasteiger partial charge in [-0.05, 0) is 30.0 Å². The SMILES string of the molecule is CCc1c(C)cccc1N=[N+]=[N-]. The molecule has 0 aliphatic heterocycles. The quantitative estimate of drug-likeness (QED) is 0.362. The highest BCUT2D eigenvalue weighted by Gasteiger charge is 1.99. The van der Waals surface area contributed by atoms with E-state index in [9.17, 15) is 0 Å². The first-order valence-electron chi connectivity index (χ1n) is 3.93. The predicted octanol–water partition coefficient (Wildman–Crippen LogP) is 3.50. The maximum absolute atomic E-state index is 8.29. The van der Waals surface area contributed by atoms with Gasteiger partial charge in [0.25, 0.3) is 0 Å². The van der Waals surface area contributed by atoms with Gasteiger partial charge in [-0.3, -0.25) is 0 Å². The predicted molar refractivity (Wildman–Crippen MR) is 49.4 cm³/mol. The van der Waals surface area contributed by atoms with Gasteiger partial charge in [-0.15, -0.1) is 0 Å². The summed E-state index contributed by atoms with van der Waals surface area (Å²) >= 11 is 0. The lowest BCUT2D eigenvalue weighted by Gasteiger charge is -2.04. The van der Waals surface area contributed by atoms with Crippen LogP contribution >= 0.6 is 0 Å². The average Bonchev–Trinajstić information content (AvgIpc) is 2.05. The first-order valence-corrected chi connectivity index (χ1v) is 3.93. The van der Waals surface area contributed by atoms with Gasteiger partial charge < -0.3 is 0 Å². The van der Waals surface area contributed by atoms with Crippen molar-refractivity contribution in [2.45, 2.75) is 20.3 Å². The van der Waals surface area contributed by atoms with Gasteiger partial charge in [0.05, 0.1) is 0 Å². The van der Waals surface area contributed by atoms with Gasteiger partial charge in [0.1, 0.15) is 0 Å². The number of rotatable bonds is 2. The molecule has 62 valence electrons. The minimum Gasteiger partial charge on any atom is -0.0615 e. The summed E-state index contributed by atoms with van der Waals surface area (Å²) in [6, 6.07) is 5.76. The molecule has 1 aromatic carbocycles. The normalized spacial score (nSPS) is 9.17. The van der Waals surface area contributed by atoms with Crippen molar-refractivity contribution < 1.29 is 0 Å². The van der Waals surface area contributed by atoms with Crippen molar-refractivity contribution in [3.8, 4) is 0 Å². The summed E-state index contributed by atoms with van der Waals surface area (Å²) in [6.45, 7) is 4.08. The van der Waals surface area contributed by atoms with E-state index in [0.717, 1.165) is 17.7 Å². The molecule has 0 saturated carbocycles. The van der Waals surface area contributed by atoms with E-state index in [1.807, 2.05) is 25.1 Å². The summed E-state index contributed by atoms with van der Waals surface area (Å²) in [5, 5.41) is 3.62. The zero-order valence-corrected chi connectivity index (χ0v) is 7.28. The highest BCUT2D eigenvalue weighted by atomic mass is 15.1. The molecule has 3 nitrogen and oxygen atoms in total. The van der Waals surface area contributed by atoms with E-state index < -0.39 is 0 Å². The maximum atomic E-state index is 8.29. The highest BCUT2D eigenvalue weighted by molar-refractivity contribution is 5.49. The average molecular weight is 161 g/mol. The van der Waals surface area contributed by atoms with Crippen LogP contribution in [0.15, 0.2) is 23.3 Å². The molecule has 3 heteroatoms. The van der Waals surface area contributed by atoms with E-state index in [1.165, 1.54) is 5.56 Å². The Hall–Kier alpha value is -1.47. The molecule has 0 N–H and O–H groups in total. The molecule has 0 aromatic heterocycles. The standard InChI is InChI=1S/C9H11N3/c1-3-8-7(2)5-4-6-9(8)11-12-10/h4-6H,3H2,1-2H3. The monoisotopic (exact) mass is 161 g/mol. The number of azide groups is 1. The van der Waals surface area contributed by atoms with Crippen molar-refractivity contribution >= 4 is 5.69 Å². The van der Waals surface area contributed by atoms with E-state index in [4.69, 9.17) is 5.53 Å². The second kappa shape index (κ2) is 3.79. The largest absolute Gasteiger partial charge is 0.0615 e. The van der Waals surface area contributed by atoms with Gasteiger partial charge >= 0.3 is 0 Å². The number of hydrogen-bond acceptors (Lipinski definition) is 1. The Balaban J connectivity index is 3.26. The molecule has 0 saturated heterocycles. The van der Waals surface area contributed by atoms with Crippen LogP contribution < -0.4 is 0 Å². The van der Waals surface area contributed by atoms with E-state index >= 15 is 0 Å². The zero-order chi connectivity index (χ0) is 8.97. The number of benzene rings is 1. The Labute approximate surface area is 71.7 Å². The molecule has 0 aliphatic carbocycles. The lowest BCUT2D eigenvalue weighted by atomic mass is 10.0. The van der Waals surface area contributed by atoms with Crippen molar-refractivity contribution in [3.63, 3.8) is 0 Å². The fourth-order valence-electron chi connectivity index (χ4n) is 1.29. The van der Waals surface area contributed by atoms with Crippen LogP contribution in [0.1, 0.15) is 18.1 Å². The topological polar surface area (TPSA) is 48.8 Å². The minimum atomic E-state index is 0.750. The fourth-order valence-corrected chi connectivity index (χ4v) is 1.29. The third kappa shape index (κ3) is 1.57. The second-order valence-corrected chi connectivity index (χ2v) is 2.62. The molecule has 0 spiro atoms. The van der Waals surface area contributed by atoms with Crippen molar-refractivity contribution in [2.24, 2.45) is 5.11 Å². The minimum absolute atomic E-state index is 0.750. The van der Waals surface area contributed by atoms with E-state index in [1.54, 1.807) is 0 Å². The first-order chi connectivity index (χ1) is 5.79. The van der Waals surface area contributed by atoms with E-state index in [2.05, 4.69) is 16.9 Å². The first kappa shape index (κ1) is 8.62. The molecule has 1 aromatic rings. The van der Waals surface area contributed by atoms with Crippen LogP contribution in [0.3, 0.4) is 0 Å². The summed E-state index contributed by atoms with van der Waals surface area (Å²) in [6.07, 6.45) is 0.904. The van der Waals surface area contributed by atoms with Crippen LogP contribution in [0.5, 0.6) is 0 Å². The molecule has 0 radical (unpaired) electrons. The highest BCUT2D eigenvalue weighted by Crippen LogP contribution is 2.22. The molecule has 12 heavy (non-hydrogen) atoms. The van der Waals surface area contributed by atoms with Gasteiger partial charge in [0, 0.05) is 10.6 Å². The summed E-state index contributed by atoms with van der Waals surface area (Å²) in [5.74, 6) is 0. The third-order valence-corrected chi connectivity index (χ3v) is 1.89. The Kier molecular flexibility index (Phi) is 2.72. The van der Waals surface area contributed by atoms with Crippen LogP contribution in [-0.2, 0) is 6.42 Å². The third-order valence-electron chi connectivity index (χ3n) is 1.89. The van der Waals surface area contributed by atoms with Gasteiger partial charge in [-0.2, -0.15) is 0 Å². The molecule has 0 aliphatic rings. The summed E-state index contributed by atoms with van der Waals surface area (Å²) < 4.78 is 0. The number of aryl methyl sites for hydroxylation is 1. The van der Waals surface area contributed by atoms with Gasteiger partial charge in [0.2, 0.25) is 0 Å².